The number of rotatable bonds is 4. The van der Waals surface area contributed by atoms with Crippen molar-refractivity contribution in [2.75, 3.05) is 39.3 Å². The fourth-order valence-electron chi connectivity index (χ4n) is 3.27. The van der Waals surface area contributed by atoms with Gasteiger partial charge < -0.3 is 9.84 Å². The summed E-state index contributed by atoms with van der Waals surface area (Å²) in [4.78, 5) is 9.59. The maximum atomic E-state index is 5.33. The van der Waals surface area contributed by atoms with Gasteiger partial charge in [-0.3, -0.25) is 9.80 Å². The van der Waals surface area contributed by atoms with Crippen molar-refractivity contribution in [2.24, 2.45) is 0 Å². The van der Waals surface area contributed by atoms with Crippen LogP contribution in [0.1, 0.15) is 36.9 Å². The molecule has 2 aliphatic heterocycles. The summed E-state index contributed by atoms with van der Waals surface area (Å²) in [5, 5.41) is 7.57. The maximum Gasteiger partial charge on any atom is 0.229 e. The van der Waals surface area contributed by atoms with E-state index in [2.05, 4.69) is 25.3 Å². The number of halogens is 1. The zero-order valence-corrected chi connectivity index (χ0v) is 13.1. The van der Waals surface area contributed by atoms with E-state index in [0.29, 0.717) is 5.92 Å². The summed E-state index contributed by atoms with van der Waals surface area (Å²) in [5.41, 5.74) is 0. The normalized spacial score (nSPS) is 27.7. The predicted molar refractivity (Wildman–Crippen MR) is 81.6 cm³/mol. The van der Waals surface area contributed by atoms with E-state index >= 15 is 0 Å². The topological polar surface area (TPSA) is 57.4 Å². The fourth-order valence-corrected chi connectivity index (χ4v) is 3.27. The van der Waals surface area contributed by atoms with Crippen molar-refractivity contribution in [2.45, 2.75) is 37.8 Å². The van der Waals surface area contributed by atoms with Crippen molar-refractivity contribution in [1.82, 2.24) is 25.3 Å². The minimum absolute atomic E-state index is 0. The van der Waals surface area contributed by atoms with Gasteiger partial charge in [0.1, 0.15) is 0 Å². The van der Waals surface area contributed by atoms with Gasteiger partial charge in [-0.1, -0.05) is 5.16 Å². The Labute approximate surface area is 131 Å². The van der Waals surface area contributed by atoms with Crippen molar-refractivity contribution in [3.05, 3.63) is 11.7 Å². The van der Waals surface area contributed by atoms with Crippen LogP contribution in [-0.2, 0) is 6.54 Å². The Morgan fingerprint density at radius 2 is 1.95 bits per heavy atom. The van der Waals surface area contributed by atoms with E-state index in [4.69, 9.17) is 4.52 Å². The molecule has 1 atom stereocenters. The highest BCUT2D eigenvalue weighted by Gasteiger charge is 2.30. The summed E-state index contributed by atoms with van der Waals surface area (Å²) >= 11 is 0. The molecule has 0 radical (unpaired) electrons. The Kier molecular flexibility index (Phi) is 4.78. The lowest BCUT2D eigenvalue weighted by atomic mass is 10.2. The van der Waals surface area contributed by atoms with Gasteiger partial charge in [0.2, 0.25) is 5.89 Å². The summed E-state index contributed by atoms with van der Waals surface area (Å²) in [6.45, 7) is 7.74. The zero-order chi connectivity index (χ0) is 13.4. The van der Waals surface area contributed by atoms with E-state index in [-0.39, 0.29) is 12.4 Å². The SMILES string of the molecule is C1CC(N2CCN(Cc3noc(C4CC4)n3)CC2)CN1.Cl. The molecule has 0 bridgehead atoms. The van der Waals surface area contributed by atoms with Crippen molar-refractivity contribution >= 4 is 12.4 Å². The smallest absolute Gasteiger partial charge is 0.229 e. The number of hydrogen-bond acceptors (Lipinski definition) is 6. The molecule has 1 N–H and O–H groups in total. The van der Waals surface area contributed by atoms with Gasteiger partial charge in [0.15, 0.2) is 5.82 Å². The number of hydrogen-bond donors (Lipinski definition) is 1. The monoisotopic (exact) mass is 313 g/mol. The van der Waals surface area contributed by atoms with Gasteiger partial charge >= 0.3 is 0 Å². The molecular formula is C14H24ClN5O. The Bertz CT molecular complexity index is 450. The zero-order valence-electron chi connectivity index (χ0n) is 12.3. The van der Waals surface area contributed by atoms with Gasteiger partial charge in [-0.25, -0.2) is 0 Å². The van der Waals surface area contributed by atoms with E-state index in [1.165, 1.54) is 38.9 Å². The molecule has 3 heterocycles. The van der Waals surface area contributed by atoms with Gasteiger partial charge in [0.05, 0.1) is 6.54 Å². The van der Waals surface area contributed by atoms with Crippen molar-refractivity contribution in [3.63, 3.8) is 0 Å². The lowest BCUT2D eigenvalue weighted by Gasteiger charge is -2.37. The highest BCUT2D eigenvalue weighted by atomic mass is 35.5. The van der Waals surface area contributed by atoms with E-state index in [0.717, 1.165) is 43.9 Å². The first-order chi connectivity index (χ1) is 9.88. The number of nitrogens with one attached hydrogen (secondary N) is 1. The maximum absolute atomic E-state index is 5.33. The van der Waals surface area contributed by atoms with E-state index in [1.807, 2.05) is 0 Å². The van der Waals surface area contributed by atoms with Crippen LogP contribution in [0.5, 0.6) is 0 Å². The van der Waals surface area contributed by atoms with Crippen LogP contribution in [0.25, 0.3) is 0 Å². The Morgan fingerprint density at radius 3 is 2.62 bits per heavy atom. The minimum atomic E-state index is 0. The molecule has 1 aromatic heterocycles. The molecule has 1 unspecified atom stereocenters. The van der Waals surface area contributed by atoms with Crippen LogP contribution in [0.3, 0.4) is 0 Å². The van der Waals surface area contributed by atoms with E-state index < -0.39 is 0 Å². The first kappa shape index (κ1) is 15.2. The molecule has 7 heteroatoms. The minimum Gasteiger partial charge on any atom is -0.339 e. The number of nitrogens with zero attached hydrogens (tertiary/aromatic N) is 4. The van der Waals surface area contributed by atoms with Crippen LogP contribution < -0.4 is 5.32 Å². The average Bonchev–Trinajstić information content (AvgIpc) is 3.00. The molecule has 0 amide bonds. The standard InChI is InChI=1S/C14H23N5O.ClH/c1-2-11(1)14-16-13(17-20-14)10-18-5-7-19(8-6-18)12-3-4-15-9-12;/h11-12,15H,1-10H2;1H. The van der Waals surface area contributed by atoms with Gasteiger partial charge in [0, 0.05) is 44.7 Å². The second kappa shape index (κ2) is 6.60. The van der Waals surface area contributed by atoms with Crippen LogP contribution in [0.2, 0.25) is 0 Å². The van der Waals surface area contributed by atoms with Crippen LogP contribution in [0.4, 0.5) is 0 Å². The number of piperazine rings is 1. The van der Waals surface area contributed by atoms with E-state index in [9.17, 15) is 0 Å². The highest BCUT2D eigenvalue weighted by Crippen LogP contribution is 2.38. The van der Waals surface area contributed by atoms with Crippen LogP contribution >= 0.6 is 12.4 Å². The molecule has 118 valence electrons. The molecule has 3 aliphatic rings. The summed E-state index contributed by atoms with van der Waals surface area (Å²) in [7, 11) is 0. The third-order valence-electron chi connectivity index (χ3n) is 4.73. The van der Waals surface area contributed by atoms with Crippen LogP contribution in [0, 0.1) is 0 Å². The Hall–Kier alpha value is -0.690. The molecule has 1 aromatic rings. The molecule has 0 spiro atoms. The predicted octanol–water partition coefficient (Wildman–Crippen LogP) is 0.848. The van der Waals surface area contributed by atoms with Crippen LogP contribution in [-0.4, -0.2) is 65.3 Å². The molecular weight excluding hydrogens is 290 g/mol. The second-order valence-corrected chi connectivity index (χ2v) is 6.28. The molecule has 1 saturated carbocycles. The third-order valence-corrected chi connectivity index (χ3v) is 4.73. The summed E-state index contributed by atoms with van der Waals surface area (Å²) < 4.78 is 5.33. The molecule has 2 saturated heterocycles. The molecule has 1 aliphatic carbocycles. The van der Waals surface area contributed by atoms with Crippen LogP contribution in [0.15, 0.2) is 4.52 Å². The second-order valence-electron chi connectivity index (χ2n) is 6.28. The molecule has 3 fully saturated rings. The first-order valence-electron chi connectivity index (χ1n) is 7.88. The summed E-state index contributed by atoms with van der Waals surface area (Å²) in [6.07, 6.45) is 3.74. The van der Waals surface area contributed by atoms with Gasteiger partial charge in [0.25, 0.3) is 0 Å². The van der Waals surface area contributed by atoms with Crippen molar-refractivity contribution in [3.8, 4) is 0 Å². The lowest BCUT2D eigenvalue weighted by molar-refractivity contribution is 0.0959. The Balaban J connectivity index is 0.00000132. The fraction of sp³-hybridized carbons (Fsp3) is 0.857. The Morgan fingerprint density at radius 1 is 1.14 bits per heavy atom. The number of aromatic nitrogens is 2. The molecule has 21 heavy (non-hydrogen) atoms. The van der Waals surface area contributed by atoms with Gasteiger partial charge in [-0.2, -0.15) is 4.98 Å². The average molecular weight is 314 g/mol. The highest BCUT2D eigenvalue weighted by molar-refractivity contribution is 5.85. The third kappa shape index (κ3) is 3.56. The van der Waals surface area contributed by atoms with E-state index in [1.54, 1.807) is 0 Å². The lowest BCUT2D eigenvalue weighted by Crippen LogP contribution is -2.50. The molecule has 4 rings (SSSR count). The van der Waals surface area contributed by atoms with Crippen molar-refractivity contribution in [1.29, 1.82) is 0 Å². The van der Waals surface area contributed by atoms with Gasteiger partial charge in [-0.05, 0) is 25.8 Å². The summed E-state index contributed by atoms with van der Waals surface area (Å²) in [6, 6.07) is 0.754. The summed E-state index contributed by atoms with van der Waals surface area (Å²) in [5.74, 6) is 2.28. The van der Waals surface area contributed by atoms with Gasteiger partial charge in [-0.15, -0.1) is 12.4 Å². The largest absolute Gasteiger partial charge is 0.339 e. The quantitative estimate of drug-likeness (QED) is 0.889. The van der Waals surface area contributed by atoms with Crippen molar-refractivity contribution < 1.29 is 4.52 Å². The molecule has 6 nitrogen and oxygen atoms in total. The molecule has 0 aromatic carbocycles. The first-order valence-corrected chi connectivity index (χ1v) is 7.88.